The third kappa shape index (κ3) is 3.11. The standard InChI is InChI=1S/C8H15N3O7/c9-1-4(13)10-5-7(15)6(14)3(2-12)17-8(5)18-11-16/h3,5-8,12,14-15H,1-2,9H2,(H,10,13)/t3-,5-,6+,7-,8+/m1/s1. The normalized spacial score (nSPS) is 35.9. The average Bonchev–Trinajstić information content (AvgIpc) is 2.37. The van der Waals surface area contributed by atoms with Gasteiger partial charge in [0.15, 0.2) is 5.34 Å². The summed E-state index contributed by atoms with van der Waals surface area (Å²) in [7, 11) is 0. The van der Waals surface area contributed by atoms with Gasteiger partial charge in [-0.05, 0) is 0 Å². The molecule has 5 atom stereocenters. The molecule has 0 aromatic carbocycles. The van der Waals surface area contributed by atoms with Gasteiger partial charge in [0.1, 0.15) is 24.4 Å². The summed E-state index contributed by atoms with van der Waals surface area (Å²) >= 11 is 0. The highest BCUT2D eigenvalue weighted by Crippen LogP contribution is 2.22. The molecule has 10 nitrogen and oxygen atoms in total. The zero-order valence-electron chi connectivity index (χ0n) is 9.30. The summed E-state index contributed by atoms with van der Waals surface area (Å²) in [5.74, 6) is -0.642. The van der Waals surface area contributed by atoms with Gasteiger partial charge in [-0.1, -0.05) is 0 Å². The van der Waals surface area contributed by atoms with Gasteiger partial charge in [-0.3, -0.25) is 4.79 Å². The lowest BCUT2D eigenvalue weighted by Crippen LogP contribution is -2.64. The van der Waals surface area contributed by atoms with E-state index in [1.165, 1.54) is 0 Å². The first-order valence-corrected chi connectivity index (χ1v) is 5.15. The predicted octanol–water partition coefficient (Wildman–Crippen LogP) is -3.43. The van der Waals surface area contributed by atoms with Gasteiger partial charge in [-0.25, -0.2) is 0 Å². The van der Waals surface area contributed by atoms with Crippen LogP contribution in [0.1, 0.15) is 0 Å². The SMILES string of the molecule is NCC(=O)N[C@H]1[C@H](ON=O)O[C@H](CO)[C@H](O)[C@@H]1O. The maximum atomic E-state index is 11.1. The van der Waals surface area contributed by atoms with E-state index in [0.29, 0.717) is 0 Å². The van der Waals surface area contributed by atoms with Crippen molar-refractivity contribution in [1.29, 1.82) is 0 Å². The van der Waals surface area contributed by atoms with Gasteiger partial charge < -0.3 is 35.9 Å². The summed E-state index contributed by atoms with van der Waals surface area (Å²) in [6.45, 7) is -0.960. The summed E-state index contributed by atoms with van der Waals surface area (Å²) in [6.07, 6.45) is -5.53. The van der Waals surface area contributed by atoms with Crippen LogP contribution in [0.5, 0.6) is 0 Å². The van der Waals surface area contributed by atoms with E-state index in [4.69, 9.17) is 15.6 Å². The molecule has 0 spiro atoms. The number of rotatable bonds is 5. The Bertz CT molecular complexity index is 302. The fourth-order valence-electron chi connectivity index (χ4n) is 1.61. The average molecular weight is 265 g/mol. The van der Waals surface area contributed by atoms with Crippen molar-refractivity contribution in [3.8, 4) is 0 Å². The summed E-state index contributed by atoms with van der Waals surface area (Å²) in [6, 6.07) is -1.23. The third-order valence-electron chi connectivity index (χ3n) is 2.54. The molecule has 0 aromatic rings. The lowest BCUT2D eigenvalue weighted by atomic mass is 9.97. The number of nitrogens with zero attached hydrogens (tertiary/aromatic N) is 1. The van der Waals surface area contributed by atoms with Crippen molar-refractivity contribution in [1.82, 2.24) is 5.32 Å². The van der Waals surface area contributed by atoms with E-state index < -0.39 is 43.2 Å². The van der Waals surface area contributed by atoms with Crippen LogP contribution in [-0.2, 0) is 14.4 Å². The molecule has 0 bridgehead atoms. The van der Waals surface area contributed by atoms with Crippen LogP contribution in [0, 0.1) is 4.91 Å². The van der Waals surface area contributed by atoms with Crippen molar-refractivity contribution in [2.24, 2.45) is 11.1 Å². The van der Waals surface area contributed by atoms with E-state index in [2.05, 4.69) is 15.5 Å². The number of nitrogens with two attached hydrogens (primary N) is 1. The Morgan fingerprint density at radius 2 is 2.11 bits per heavy atom. The van der Waals surface area contributed by atoms with Gasteiger partial charge in [0.25, 0.3) is 6.29 Å². The molecular weight excluding hydrogens is 250 g/mol. The van der Waals surface area contributed by atoms with Crippen molar-refractivity contribution >= 4 is 5.91 Å². The van der Waals surface area contributed by atoms with Crippen molar-refractivity contribution in [2.45, 2.75) is 30.6 Å². The van der Waals surface area contributed by atoms with Crippen LogP contribution < -0.4 is 11.1 Å². The van der Waals surface area contributed by atoms with Crippen LogP contribution in [-0.4, -0.2) is 65.0 Å². The van der Waals surface area contributed by atoms with Crippen molar-refractivity contribution in [3.05, 3.63) is 4.91 Å². The molecule has 0 radical (unpaired) electrons. The minimum absolute atomic E-state index is 0.357. The molecule has 1 heterocycles. The summed E-state index contributed by atoms with van der Waals surface area (Å²) in [4.78, 5) is 25.5. The molecular formula is C8H15N3O7. The zero-order chi connectivity index (χ0) is 13.7. The second-order valence-corrected chi connectivity index (χ2v) is 3.68. The van der Waals surface area contributed by atoms with Crippen LogP contribution in [0.3, 0.4) is 0 Å². The molecule has 0 unspecified atom stereocenters. The molecule has 1 aliphatic heterocycles. The van der Waals surface area contributed by atoms with E-state index in [0.717, 1.165) is 0 Å². The number of carbonyl (C=O) groups excluding carboxylic acids is 1. The summed E-state index contributed by atoms with van der Waals surface area (Å²) in [5, 5.41) is 32.6. The van der Waals surface area contributed by atoms with Crippen LogP contribution in [0.25, 0.3) is 0 Å². The van der Waals surface area contributed by atoms with E-state index in [1.807, 2.05) is 0 Å². The smallest absolute Gasteiger partial charge is 0.253 e. The highest BCUT2D eigenvalue weighted by atomic mass is 16.8. The first-order chi connectivity index (χ1) is 8.54. The van der Waals surface area contributed by atoms with E-state index >= 15 is 0 Å². The quantitative estimate of drug-likeness (QED) is 0.253. The maximum absolute atomic E-state index is 11.1. The predicted molar refractivity (Wildman–Crippen MR) is 55.6 cm³/mol. The lowest BCUT2D eigenvalue weighted by molar-refractivity contribution is -0.271. The van der Waals surface area contributed by atoms with Crippen LogP contribution in [0.2, 0.25) is 0 Å². The first-order valence-electron chi connectivity index (χ1n) is 5.15. The second kappa shape index (κ2) is 6.56. The lowest BCUT2D eigenvalue weighted by Gasteiger charge is -2.40. The Morgan fingerprint density at radius 1 is 1.44 bits per heavy atom. The number of carbonyl (C=O) groups is 1. The highest BCUT2D eigenvalue weighted by molar-refractivity contribution is 5.78. The molecule has 1 saturated heterocycles. The molecule has 1 amide bonds. The minimum atomic E-state index is -1.50. The number of aliphatic hydroxyl groups excluding tert-OH is 3. The summed E-state index contributed by atoms with van der Waals surface area (Å²) < 4.78 is 4.99. The molecule has 0 saturated carbocycles. The van der Waals surface area contributed by atoms with Gasteiger partial charge in [0.2, 0.25) is 5.91 Å². The second-order valence-electron chi connectivity index (χ2n) is 3.68. The number of amides is 1. The monoisotopic (exact) mass is 265 g/mol. The van der Waals surface area contributed by atoms with Crippen LogP contribution in [0.4, 0.5) is 0 Å². The van der Waals surface area contributed by atoms with Gasteiger partial charge in [0.05, 0.1) is 13.2 Å². The van der Waals surface area contributed by atoms with Crippen molar-refractivity contribution in [3.63, 3.8) is 0 Å². The molecule has 0 aliphatic carbocycles. The Labute approximate surface area is 102 Å². The molecule has 104 valence electrons. The first kappa shape index (κ1) is 14.7. The van der Waals surface area contributed by atoms with E-state index in [1.54, 1.807) is 0 Å². The van der Waals surface area contributed by atoms with Crippen molar-refractivity contribution in [2.75, 3.05) is 13.2 Å². The fourth-order valence-corrected chi connectivity index (χ4v) is 1.61. The number of aliphatic hydroxyl groups is 3. The fraction of sp³-hybridized carbons (Fsp3) is 0.875. The Kier molecular flexibility index (Phi) is 5.37. The third-order valence-corrected chi connectivity index (χ3v) is 2.54. The molecule has 1 rings (SSSR count). The van der Waals surface area contributed by atoms with Crippen molar-refractivity contribution < 1.29 is 29.7 Å². The molecule has 1 fully saturated rings. The maximum Gasteiger partial charge on any atom is 0.253 e. The number of hydrogen-bond acceptors (Lipinski definition) is 9. The molecule has 6 N–H and O–H groups in total. The Balaban J connectivity index is 2.81. The van der Waals surface area contributed by atoms with Gasteiger partial charge in [0, 0.05) is 0 Å². The molecule has 0 aromatic heterocycles. The van der Waals surface area contributed by atoms with Gasteiger partial charge in [-0.2, -0.15) is 0 Å². The Hall–Kier alpha value is -1.33. The number of nitrogens with one attached hydrogen (secondary N) is 1. The largest absolute Gasteiger partial charge is 0.394 e. The van der Waals surface area contributed by atoms with Gasteiger partial charge >= 0.3 is 0 Å². The highest BCUT2D eigenvalue weighted by Gasteiger charge is 2.46. The molecule has 1 aliphatic rings. The van der Waals surface area contributed by atoms with Crippen LogP contribution >= 0.6 is 0 Å². The van der Waals surface area contributed by atoms with Gasteiger partial charge in [-0.15, -0.1) is 4.91 Å². The summed E-state index contributed by atoms with van der Waals surface area (Å²) in [5.41, 5.74) is 5.08. The number of hydrogen-bond donors (Lipinski definition) is 5. The Morgan fingerprint density at radius 3 is 2.61 bits per heavy atom. The minimum Gasteiger partial charge on any atom is -0.394 e. The number of ether oxygens (including phenoxy) is 1. The molecule has 18 heavy (non-hydrogen) atoms. The van der Waals surface area contributed by atoms with E-state index in [-0.39, 0.29) is 6.54 Å². The molecule has 10 heteroatoms. The zero-order valence-corrected chi connectivity index (χ0v) is 9.30. The van der Waals surface area contributed by atoms with Crippen LogP contribution in [0.15, 0.2) is 5.34 Å². The topological polar surface area (TPSA) is 164 Å². The van der Waals surface area contributed by atoms with E-state index in [9.17, 15) is 19.9 Å².